The predicted octanol–water partition coefficient (Wildman–Crippen LogP) is 1.92. The zero-order valence-corrected chi connectivity index (χ0v) is 11.8. The molecule has 0 fully saturated rings. The number of carbonyl (C=O) groups excluding carboxylic acids is 2. The molecule has 2 atom stereocenters. The molecule has 1 unspecified atom stereocenters. The minimum Gasteiger partial charge on any atom is -0.465 e. The second kappa shape index (κ2) is 7.00. The van der Waals surface area contributed by atoms with Gasteiger partial charge in [-0.1, -0.05) is 20.3 Å². The number of carbonyl (C=O) groups is 2. The van der Waals surface area contributed by atoms with Crippen LogP contribution in [0, 0.1) is 11.7 Å². The maximum Gasteiger partial charge on any atom is 0.339 e. The number of hydrogen-bond acceptors (Lipinski definition) is 4. The van der Waals surface area contributed by atoms with Gasteiger partial charge in [0.2, 0.25) is 5.91 Å². The molecule has 1 aromatic rings. The highest BCUT2D eigenvalue weighted by Crippen LogP contribution is 2.19. The first kappa shape index (κ1) is 16.1. The van der Waals surface area contributed by atoms with E-state index in [2.05, 4.69) is 10.1 Å². The van der Waals surface area contributed by atoms with Crippen LogP contribution in [0.4, 0.5) is 10.1 Å². The number of ether oxygens (including phenoxy) is 1. The Morgan fingerprint density at radius 1 is 1.45 bits per heavy atom. The number of methoxy groups -OCH3 is 1. The van der Waals surface area contributed by atoms with Crippen molar-refractivity contribution >= 4 is 17.6 Å². The van der Waals surface area contributed by atoms with Gasteiger partial charge >= 0.3 is 5.97 Å². The second-order valence-corrected chi connectivity index (χ2v) is 4.58. The van der Waals surface area contributed by atoms with E-state index in [-0.39, 0.29) is 17.2 Å². The summed E-state index contributed by atoms with van der Waals surface area (Å²) >= 11 is 0. The number of rotatable bonds is 5. The summed E-state index contributed by atoms with van der Waals surface area (Å²) in [6.45, 7) is 3.76. The van der Waals surface area contributed by atoms with E-state index in [0.29, 0.717) is 0 Å². The third-order valence-electron chi connectivity index (χ3n) is 3.20. The summed E-state index contributed by atoms with van der Waals surface area (Å²) in [5.41, 5.74) is 5.93. The summed E-state index contributed by atoms with van der Waals surface area (Å²) in [5.74, 6) is -1.71. The van der Waals surface area contributed by atoms with Crippen molar-refractivity contribution in [2.24, 2.45) is 11.7 Å². The van der Waals surface area contributed by atoms with Gasteiger partial charge in [0.1, 0.15) is 5.82 Å². The van der Waals surface area contributed by atoms with Crippen LogP contribution in [0.15, 0.2) is 18.2 Å². The van der Waals surface area contributed by atoms with Crippen LogP contribution in [0.2, 0.25) is 0 Å². The maximum absolute atomic E-state index is 13.3. The van der Waals surface area contributed by atoms with Gasteiger partial charge in [-0.15, -0.1) is 0 Å². The van der Waals surface area contributed by atoms with Crippen LogP contribution in [0.5, 0.6) is 0 Å². The molecular formula is C14H19FN2O3. The average Bonchev–Trinajstić information content (AvgIpc) is 2.44. The van der Waals surface area contributed by atoms with Crippen LogP contribution < -0.4 is 11.1 Å². The molecular weight excluding hydrogens is 263 g/mol. The van der Waals surface area contributed by atoms with Gasteiger partial charge in [-0.2, -0.15) is 0 Å². The van der Waals surface area contributed by atoms with Crippen molar-refractivity contribution in [1.29, 1.82) is 0 Å². The normalized spacial score (nSPS) is 13.4. The van der Waals surface area contributed by atoms with Gasteiger partial charge in [0, 0.05) is 0 Å². The lowest BCUT2D eigenvalue weighted by Gasteiger charge is -2.18. The Kier molecular flexibility index (Phi) is 5.64. The zero-order valence-electron chi connectivity index (χ0n) is 11.8. The summed E-state index contributed by atoms with van der Waals surface area (Å²) < 4.78 is 17.8. The fourth-order valence-corrected chi connectivity index (χ4v) is 1.64. The Hall–Kier alpha value is -1.95. The maximum atomic E-state index is 13.3. The van der Waals surface area contributed by atoms with Crippen molar-refractivity contribution < 1.29 is 18.7 Å². The zero-order chi connectivity index (χ0) is 15.3. The fraction of sp³-hybridized carbons (Fsp3) is 0.429. The summed E-state index contributed by atoms with van der Waals surface area (Å²) in [6, 6.07) is 2.71. The Morgan fingerprint density at radius 2 is 2.10 bits per heavy atom. The SMILES string of the molecule is CCC(C)[C@H](N)C(=O)Nc1cc(F)ccc1C(=O)OC. The smallest absolute Gasteiger partial charge is 0.339 e. The molecule has 0 heterocycles. The summed E-state index contributed by atoms with van der Waals surface area (Å²) in [5, 5.41) is 2.48. The average molecular weight is 282 g/mol. The van der Waals surface area contributed by atoms with Gasteiger partial charge in [-0.3, -0.25) is 4.79 Å². The van der Waals surface area contributed by atoms with Crippen LogP contribution in [-0.4, -0.2) is 25.0 Å². The largest absolute Gasteiger partial charge is 0.465 e. The number of hydrogen-bond donors (Lipinski definition) is 2. The van der Waals surface area contributed by atoms with E-state index in [0.717, 1.165) is 18.6 Å². The van der Waals surface area contributed by atoms with Gasteiger partial charge in [-0.05, 0) is 24.1 Å². The van der Waals surface area contributed by atoms with Crippen molar-refractivity contribution in [3.05, 3.63) is 29.6 Å². The van der Waals surface area contributed by atoms with E-state index >= 15 is 0 Å². The van der Waals surface area contributed by atoms with E-state index in [9.17, 15) is 14.0 Å². The number of halogens is 1. The molecule has 0 saturated carbocycles. The van der Waals surface area contributed by atoms with Crippen LogP contribution >= 0.6 is 0 Å². The lowest BCUT2D eigenvalue weighted by atomic mass is 9.99. The highest BCUT2D eigenvalue weighted by Gasteiger charge is 2.22. The summed E-state index contributed by atoms with van der Waals surface area (Å²) in [4.78, 5) is 23.5. The molecule has 5 nitrogen and oxygen atoms in total. The lowest BCUT2D eigenvalue weighted by Crippen LogP contribution is -2.40. The van der Waals surface area contributed by atoms with E-state index in [1.54, 1.807) is 0 Å². The number of esters is 1. The molecule has 0 spiro atoms. The molecule has 110 valence electrons. The highest BCUT2D eigenvalue weighted by atomic mass is 19.1. The molecule has 0 aliphatic rings. The van der Waals surface area contributed by atoms with Gasteiger partial charge in [0.25, 0.3) is 0 Å². The van der Waals surface area contributed by atoms with E-state index in [1.807, 2.05) is 13.8 Å². The molecule has 1 aromatic carbocycles. The Labute approximate surface area is 117 Å². The number of benzene rings is 1. The van der Waals surface area contributed by atoms with Crippen molar-refractivity contribution in [3.8, 4) is 0 Å². The number of nitrogens with one attached hydrogen (secondary N) is 1. The minimum atomic E-state index is -0.728. The molecule has 0 aliphatic carbocycles. The molecule has 1 amide bonds. The first-order chi connectivity index (χ1) is 9.40. The topological polar surface area (TPSA) is 81.4 Å². The molecule has 3 N–H and O–H groups in total. The third-order valence-corrected chi connectivity index (χ3v) is 3.20. The van der Waals surface area contributed by atoms with E-state index < -0.39 is 23.7 Å². The van der Waals surface area contributed by atoms with Gasteiger partial charge in [0.15, 0.2) is 0 Å². The van der Waals surface area contributed by atoms with Crippen molar-refractivity contribution in [2.45, 2.75) is 26.3 Å². The van der Waals surface area contributed by atoms with Crippen LogP contribution in [0.25, 0.3) is 0 Å². The fourth-order valence-electron chi connectivity index (χ4n) is 1.64. The van der Waals surface area contributed by atoms with Crippen molar-refractivity contribution in [3.63, 3.8) is 0 Å². The standard InChI is InChI=1S/C14H19FN2O3/c1-4-8(2)12(16)13(18)17-11-7-9(15)5-6-10(11)14(19)20-3/h5-8,12H,4,16H2,1-3H3,(H,17,18)/t8?,12-/m0/s1. The minimum absolute atomic E-state index is 0.0230. The van der Waals surface area contributed by atoms with E-state index in [4.69, 9.17) is 5.73 Å². The Balaban J connectivity index is 2.99. The molecule has 20 heavy (non-hydrogen) atoms. The molecule has 6 heteroatoms. The van der Waals surface area contributed by atoms with Gasteiger partial charge in [0.05, 0.1) is 24.4 Å². The Morgan fingerprint density at radius 3 is 2.65 bits per heavy atom. The number of amides is 1. The van der Waals surface area contributed by atoms with Gasteiger partial charge in [-0.25, -0.2) is 9.18 Å². The molecule has 0 aromatic heterocycles. The van der Waals surface area contributed by atoms with Crippen molar-refractivity contribution in [1.82, 2.24) is 0 Å². The summed E-state index contributed by atoms with van der Waals surface area (Å²) in [6.07, 6.45) is 0.738. The van der Waals surface area contributed by atoms with Crippen molar-refractivity contribution in [2.75, 3.05) is 12.4 Å². The molecule has 0 bridgehead atoms. The summed E-state index contributed by atoms with van der Waals surface area (Å²) in [7, 11) is 1.21. The van der Waals surface area contributed by atoms with Gasteiger partial charge < -0.3 is 15.8 Å². The molecule has 0 radical (unpaired) electrons. The Bertz CT molecular complexity index is 505. The highest BCUT2D eigenvalue weighted by molar-refractivity contribution is 6.02. The van der Waals surface area contributed by atoms with Crippen LogP contribution in [0.3, 0.4) is 0 Å². The van der Waals surface area contributed by atoms with E-state index in [1.165, 1.54) is 13.2 Å². The first-order valence-corrected chi connectivity index (χ1v) is 6.35. The first-order valence-electron chi connectivity index (χ1n) is 6.35. The number of anilines is 1. The number of nitrogens with two attached hydrogens (primary N) is 1. The molecule has 0 saturated heterocycles. The molecule has 1 rings (SSSR count). The van der Waals surface area contributed by atoms with Crippen LogP contribution in [-0.2, 0) is 9.53 Å². The predicted molar refractivity (Wildman–Crippen MR) is 73.8 cm³/mol. The second-order valence-electron chi connectivity index (χ2n) is 4.58. The monoisotopic (exact) mass is 282 g/mol. The van der Waals surface area contributed by atoms with Crippen LogP contribution in [0.1, 0.15) is 30.6 Å². The third kappa shape index (κ3) is 3.77. The molecule has 0 aliphatic heterocycles. The quantitative estimate of drug-likeness (QED) is 0.808. The lowest BCUT2D eigenvalue weighted by molar-refractivity contribution is -0.118.